The van der Waals surface area contributed by atoms with Crippen LogP contribution in [0.3, 0.4) is 0 Å². The maximum Gasteiger partial charge on any atom is 0.269 e. The standard InChI is InChI=1S/C24H22N6O3S/c1-32-19-8-16(9-20(10-19)33-2)12-29-13-18(27-28-29)11-25-23(31)22-15-34-24-26-21(14-30(22)24)17-6-4-3-5-7-17/h3-10,13-15H,11-12H2,1-2H3,(H,25,31). The Morgan fingerprint density at radius 2 is 1.82 bits per heavy atom. The Kier molecular flexibility index (Phi) is 5.96. The van der Waals surface area contributed by atoms with Gasteiger partial charge in [0.1, 0.15) is 22.9 Å². The number of carbonyl (C=O) groups is 1. The van der Waals surface area contributed by atoms with Gasteiger partial charge in [-0.2, -0.15) is 0 Å². The van der Waals surface area contributed by atoms with Crippen LogP contribution in [0, 0.1) is 0 Å². The highest BCUT2D eigenvalue weighted by Crippen LogP contribution is 2.24. The number of methoxy groups -OCH3 is 2. The second-order valence-electron chi connectivity index (χ2n) is 7.58. The zero-order valence-electron chi connectivity index (χ0n) is 18.6. The monoisotopic (exact) mass is 474 g/mol. The molecule has 0 saturated carbocycles. The summed E-state index contributed by atoms with van der Waals surface area (Å²) in [6.07, 6.45) is 3.69. The maximum absolute atomic E-state index is 12.8. The third-order valence-electron chi connectivity index (χ3n) is 5.28. The summed E-state index contributed by atoms with van der Waals surface area (Å²) in [6, 6.07) is 15.5. The zero-order chi connectivity index (χ0) is 23.5. The lowest BCUT2D eigenvalue weighted by Crippen LogP contribution is -2.24. The number of hydrogen-bond donors (Lipinski definition) is 1. The third-order valence-corrected chi connectivity index (χ3v) is 6.12. The lowest BCUT2D eigenvalue weighted by molar-refractivity contribution is 0.0945. The number of carbonyl (C=O) groups excluding carboxylic acids is 1. The van der Waals surface area contributed by atoms with Crippen LogP contribution in [0.5, 0.6) is 11.5 Å². The number of imidazole rings is 1. The Morgan fingerprint density at radius 1 is 1.06 bits per heavy atom. The predicted octanol–water partition coefficient (Wildman–Crippen LogP) is 3.65. The Morgan fingerprint density at radius 3 is 2.56 bits per heavy atom. The van der Waals surface area contributed by atoms with Gasteiger partial charge in [0.2, 0.25) is 0 Å². The molecule has 0 fully saturated rings. The molecular weight excluding hydrogens is 452 g/mol. The molecule has 3 aromatic heterocycles. The molecule has 0 saturated heterocycles. The van der Waals surface area contributed by atoms with E-state index in [4.69, 9.17) is 9.47 Å². The fourth-order valence-electron chi connectivity index (χ4n) is 3.60. The van der Waals surface area contributed by atoms with Crippen LogP contribution >= 0.6 is 11.3 Å². The van der Waals surface area contributed by atoms with E-state index in [1.54, 1.807) is 30.5 Å². The van der Waals surface area contributed by atoms with Crippen molar-refractivity contribution in [2.75, 3.05) is 14.2 Å². The molecule has 5 aromatic rings. The van der Waals surface area contributed by atoms with Crippen molar-refractivity contribution < 1.29 is 14.3 Å². The molecule has 0 bridgehead atoms. The molecule has 1 amide bonds. The molecule has 0 atom stereocenters. The van der Waals surface area contributed by atoms with E-state index in [1.807, 2.05) is 59.1 Å². The van der Waals surface area contributed by atoms with Crippen molar-refractivity contribution in [2.24, 2.45) is 0 Å². The van der Waals surface area contributed by atoms with Crippen LogP contribution in [0.15, 0.2) is 66.3 Å². The largest absolute Gasteiger partial charge is 0.497 e. The molecule has 1 N–H and O–H groups in total. The number of rotatable bonds is 8. The summed E-state index contributed by atoms with van der Waals surface area (Å²) in [4.78, 5) is 18.2. The first kappa shape index (κ1) is 21.7. The molecule has 0 aliphatic rings. The molecule has 34 heavy (non-hydrogen) atoms. The van der Waals surface area contributed by atoms with Crippen molar-refractivity contribution in [3.05, 3.63) is 83.3 Å². The normalized spacial score (nSPS) is 11.0. The van der Waals surface area contributed by atoms with Crippen molar-refractivity contribution in [3.8, 4) is 22.8 Å². The number of ether oxygens (including phenoxy) is 2. The van der Waals surface area contributed by atoms with Gasteiger partial charge in [-0.3, -0.25) is 9.20 Å². The molecule has 172 valence electrons. The van der Waals surface area contributed by atoms with E-state index in [9.17, 15) is 4.79 Å². The summed E-state index contributed by atoms with van der Waals surface area (Å²) < 4.78 is 14.2. The fraction of sp³-hybridized carbons (Fsp3) is 0.167. The minimum absolute atomic E-state index is 0.199. The van der Waals surface area contributed by atoms with Gasteiger partial charge in [0, 0.05) is 23.2 Å². The quantitative estimate of drug-likeness (QED) is 0.369. The van der Waals surface area contributed by atoms with Crippen molar-refractivity contribution in [3.63, 3.8) is 0 Å². The van der Waals surface area contributed by atoms with Crippen molar-refractivity contribution in [1.82, 2.24) is 29.7 Å². The average molecular weight is 475 g/mol. The number of aromatic nitrogens is 5. The van der Waals surface area contributed by atoms with Gasteiger partial charge in [0.25, 0.3) is 5.91 Å². The first-order valence-corrected chi connectivity index (χ1v) is 11.4. The van der Waals surface area contributed by atoms with Gasteiger partial charge in [-0.15, -0.1) is 16.4 Å². The predicted molar refractivity (Wildman–Crippen MR) is 128 cm³/mol. The highest BCUT2D eigenvalue weighted by atomic mass is 32.1. The van der Waals surface area contributed by atoms with E-state index >= 15 is 0 Å². The Hall–Kier alpha value is -4.18. The SMILES string of the molecule is COc1cc(Cn2cc(CNC(=O)c3csc4nc(-c5ccccc5)cn34)nn2)cc(OC)c1. The minimum atomic E-state index is -0.199. The molecule has 0 aliphatic carbocycles. The van der Waals surface area contributed by atoms with E-state index in [0.29, 0.717) is 29.4 Å². The van der Waals surface area contributed by atoms with Crippen LogP contribution in [0.4, 0.5) is 0 Å². The van der Waals surface area contributed by atoms with E-state index in [1.165, 1.54) is 11.3 Å². The Bertz CT molecular complexity index is 1420. The summed E-state index contributed by atoms with van der Waals surface area (Å²) in [5.41, 5.74) is 4.00. The van der Waals surface area contributed by atoms with Crippen LogP contribution in [-0.4, -0.2) is 44.5 Å². The number of fused-ring (bicyclic) bond motifs is 1. The van der Waals surface area contributed by atoms with Crippen molar-refractivity contribution >= 4 is 22.2 Å². The van der Waals surface area contributed by atoms with Crippen molar-refractivity contribution in [1.29, 1.82) is 0 Å². The summed E-state index contributed by atoms with van der Waals surface area (Å²) in [7, 11) is 3.23. The van der Waals surface area contributed by atoms with Gasteiger partial charge >= 0.3 is 0 Å². The summed E-state index contributed by atoms with van der Waals surface area (Å²) >= 11 is 1.43. The van der Waals surface area contributed by atoms with Gasteiger partial charge in [-0.1, -0.05) is 35.5 Å². The third kappa shape index (κ3) is 4.48. The first-order valence-electron chi connectivity index (χ1n) is 10.5. The summed E-state index contributed by atoms with van der Waals surface area (Å²) in [5, 5.41) is 13.1. The molecule has 5 rings (SSSR count). The number of hydrogen-bond acceptors (Lipinski definition) is 7. The van der Waals surface area contributed by atoms with Gasteiger partial charge in [-0.05, 0) is 17.7 Å². The van der Waals surface area contributed by atoms with Crippen LogP contribution in [0.1, 0.15) is 21.7 Å². The van der Waals surface area contributed by atoms with E-state index < -0.39 is 0 Å². The van der Waals surface area contributed by atoms with Crippen LogP contribution in [0.25, 0.3) is 16.2 Å². The average Bonchev–Trinajstić information content (AvgIpc) is 3.59. The molecule has 10 heteroatoms. The topological polar surface area (TPSA) is 95.6 Å². The molecule has 0 spiro atoms. The Labute approximate surface area is 199 Å². The number of nitrogens with one attached hydrogen (secondary N) is 1. The summed E-state index contributed by atoms with van der Waals surface area (Å²) in [5.74, 6) is 1.22. The number of benzene rings is 2. The molecule has 9 nitrogen and oxygen atoms in total. The van der Waals surface area contributed by atoms with Gasteiger partial charge in [-0.25, -0.2) is 9.67 Å². The molecule has 0 unspecified atom stereocenters. The molecule has 3 heterocycles. The highest BCUT2D eigenvalue weighted by molar-refractivity contribution is 7.15. The smallest absolute Gasteiger partial charge is 0.269 e. The second-order valence-corrected chi connectivity index (χ2v) is 8.41. The van der Waals surface area contributed by atoms with E-state index in [0.717, 1.165) is 21.8 Å². The van der Waals surface area contributed by atoms with Crippen LogP contribution < -0.4 is 14.8 Å². The summed E-state index contributed by atoms with van der Waals surface area (Å²) in [6.45, 7) is 0.759. The lowest BCUT2D eigenvalue weighted by atomic mass is 10.2. The molecular formula is C24H22N6O3S. The number of amides is 1. The molecule has 0 aliphatic heterocycles. The molecule has 2 aromatic carbocycles. The Balaban J connectivity index is 1.25. The minimum Gasteiger partial charge on any atom is -0.497 e. The fourth-order valence-corrected chi connectivity index (χ4v) is 4.45. The number of nitrogens with zero attached hydrogens (tertiary/aromatic N) is 5. The van der Waals surface area contributed by atoms with Crippen LogP contribution in [0.2, 0.25) is 0 Å². The van der Waals surface area contributed by atoms with Gasteiger partial charge in [0.05, 0.1) is 39.2 Å². The highest BCUT2D eigenvalue weighted by Gasteiger charge is 2.15. The first-order chi connectivity index (χ1) is 16.6. The van der Waals surface area contributed by atoms with Gasteiger partial charge in [0.15, 0.2) is 4.96 Å². The number of thiazole rings is 1. The van der Waals surface area contributed by atoms with E-state index in [-0.39, 0.29) is 12.5 Å². The second kappa shape index (κ2) is 9.36. The van der Waals surface area contributed by atoms with E-state index in [2.05, 4.69) is 20.6 Å². The van der Waals surface area contributed by atoms with Crippen molar-refractivity contribution in [2.45, 2.75) is 13.1 Å². The zero-order valence-corrected chi connectivity index (χ0v) is 19.5. The lowest BCUT2D eigenvalue weighted by Gasteiger charge is -2.08. The molecule has 0 radical (unpaired) electrons. The van der Waals surface area contributed by atoms with Gasteiger partial charge < -0.3 is 14.8 Å². The van der Waals surface area contributed by atoms with Crippen LogP contribution in [-0.2, 0) is 13.1 Å². The maximum atomic E-state index is 12.8.